The van der Waals surface area contributed by atoms with Gasteiger partial charge in [-0.3, -0.25) is 0 Å². The van der Waals surface area contributed by atoms with Gasteiger partial charge in [0.05, 0.1) is 7.11 Å². The molecule has 0 radical (unpaired) electrons. The molecule has 0 aliphatic carbocycles. The second kappa shape index (κ2) is 4.24. The first kappa shape index (κ1) is 10.7. The molecule has 4 heteroatoms. The fraction of sp³-hybridized carbons (Fsp3) is 0.100. The Morgan fingerprint density at radius 3 is 2.79 bits per heavy atom. The highest BCUT2D eigenvalue weighted by atomic mass is 35.5. The number of methoxy groups -OCH3 is 1. The predicted octanol–water partition coefficient (Wildman–Crippen LogP) is 2.91. The first-order chi connectivity index (χ1) is 6.60. The van der Waals surface area contributed by atoms with Crippen LogP contribution in [0.25, 0.3) is 6.08 Å². The van der Waals surface area contributed by atoms with Crippen molar-refractivity contribution in [2.45, 2.75) is 0 Å². The Balaban J connectivity index is 3.39. The molecular weight excluding hydrogens is 207 g/mol. The summed E-state index contributed by atoms with van der Waals surface area (Å²) in [6.07, 6.45) is 1.35. The van der Waals surface area contributed by atoms with E-state index in [9.17, 15) is 9.18 Å². The Morgan fingerprint density at radius 2 is 2.29 bits per heavy atom. The zero-order valence-electron chi connectivity index (χ0n) is 7.51. The standard InChI is InChI=1S/C10H8ClFO2/c1-3-6-4-7(11)5-8(12)9(6)10(13)14-2/h3-5H,1H2,2H3. The van der Waals surface area contributed by atoms with Gasteiger partial charge in [0.1, 0.15) is 11.4 Å². The fourth-order valence-electron chi connectivity index (χ4n) is 1.07. The topological polar surface area (TPSA) is 26.3 Å². The van der Waals surface area contributed by atoms with Gasteiger partial charge < -0.3 is 4.74 Å². The molecule has 0 atom stereocenters. The molecule has 0 fully saturated rings. The number of hydrogen-bond donors (Lipinski definition) is 0. The summed E-state index contributed by atoms with van der Waals surface area (Å²) >= 11 is 5.61. The molecule has 0 saturated carbocycles. The molecule has 1 aromatic carbocycles. The molecular formula is C10H8ClFO2. The van der Waals surface area contributed by atoms with E-state index in [0.29, 0.717) is 5.56 Å². The number of benzene rings is 1. The second-order valence-electron chi connectivity index (χ2n) is 2.55. The second-order valence-corrected chi connectivity index (χ2v) is 2.98. The molecule has 0 bridgehead atoms. The average Bonchev–Trinajstić information content (AvgIpc) is 2.15. The third-order valence-corrected chi connectivity index (χ3v) is 1.91. The summed E-state index contributed by atoms with van der Waals surface area (Å²) in [5.41, 5.74) is 0.175. The molecule has 74 valence electrons. The van der Waals surface area contributed by atoms with Crippen molar-refractivity contribution < 1.29 is 13.9 Å². The van der Waals surface area contributed by atoms with Gasteiger partial charge in [-0.1, -0.05) is 24.3 Å². The van der Waals surface area contributed by atoms with Gasteiger partial charge in [0.15, 0.2) is 0 Å². The van der Waals surface area contributed by atoms with E-state index in [2.05, 4.69) is 11.3 Å². The maximum atomic E-state index is 13.3. The van der Waals surface area contributed by atoms with Crippen molar-refractivity contribution in [2.75, 3.05) is 7.11 Å². The first-order valence-corrected chi connectivity index (χ1v) is 4.17. The van der Waals surface area contributed by atoms with Gasteiger partial charge in [-0.05, 0) is 17.7 Å². The van der Waals surface area contributed by atoms with Crippen LogP contribution in [0.15, 0.2) is 18.7 Å². The van der Waals surface area contributed by atoms with Gasteiger partial charge in [0.25, 0.3) is 0 Å². The van der Waals surface area contributed by atoms with Crippen LogP contribution in [-0.2, 0) is 4.74 Å². The van der Waals surface area contributed by atoms with E-state index in [1.807, 2.05) is 0 Å². The minimum absolute atomic E-state index is 0.146. The van der Waals surface area contributed by atoms with E-state index in [1.165, 1.54) is 19.3 Å². The van der Waals surface area contributed by atoms with E-state index < -0.39 is 11.8 Å². The number of esters is 1. The molecule has 0 saturated heterocycles. The number of rotatable bonds is 2. The smallest absolute Gasteiger partial charge is 0.341 e. The fourth-order valence-corrected chi connectivity index (χ4v) is 1.29. The largest absolute Gasteiger partial charge is 0.465 e. The minimum atomic E-state index is -0.742. The van der Waals surface area contributed by atoms with Gasteiger partial charge in [0, 0.05) is 5.02 Å². The molecule has 0 amide bonds. The first-order valence-electron chi connectivity index (χ1n) is 3.80. The van der Waals surface area contributed by atoms with E-state index in [0.717, 1.165) is 6.07 Å². The Hall–Kier alpha value is -1.35. The predicted molar refractivity (Wildman–Crippen MR) is 52.8 cm³/mol. The Morgan fingerprint density at radius 1 is 1.64 bits per heavy atom. The van der Waals surface area contributed by atoms with Crippen molar-refractivity contribution in [2.24, 2.45) is 0 Å². The van der Waals surface area contributed by atoms with Gasteiger partial charge in [0.2, 0.25) is 0 Å². The van der Waals surface area contributed by atoms with Crippen LogP contribution in [0, 0.1) is 5.82 Å². The van der Waals surface area contributed by atoms with E-state index in [1.54, 1.807) is 0 Å². The summed E-state index contributed by atoms with van der Waals surface area (Å²) in [7, 11) is 1.18. The monoisotopic (exact) mass is 214 g/mol. The quantitative estimate of drug-likeness (QED) is 0.708. The lowest BCUT2D eigenvalue weighted by Gasteiger charge is -2.05. The van der Waals surface area contributed by atoms with Crippen LogP contribution in [-0.4, -0.2) is 13.1 Å². The molecule has 0 N–H and O–H groups in total. The molecule has 0 heterocycles. The third-order valence-electron chi connectivity index (χ3n) is 1.69. The molecule has 2 nitrogen and oxygen atoms in total. The lowest BCUT2D eigenvalue weighted by Crippen LogP contribution is -2.06. The van der Waals surface area contributed by atoms with Crippen molar-refractivity contribution in [3.63, 3.8) is 0 Å². The van der Waals surface area contributed by atoms with Gasteiger partial charge in [-0.15, -0.1) is 0 Å². The van der Waals surface area contributed by atoms with E-state index >= 15 is 0 Å². The molecule has 0 spiro atoms. The summed E-state index contributed by atoms with van der Waals surface area (Å²) in [5, 5.41) is 0.213. The number of halogens is 2. The highest BCUT2D eigenvalue weighted by Gasteiger charge is 2.16. The number of carbonyl (C=O) groups excluding carboxylic acids is 1. The van der Waals surface area contributed by atoms with Crippen molar-refractivity contribution in [3.8, 4) is 0 Å². The molecule has 0 aliphatic heterocycles. The van der Waals surface area contributed by atoms with Gasteiger partial charge >= 0.3 is 5.97 Å². The number of carbonyl (C=O) groups is 1. The van der Waals surface area contributed by atoms with Crippen LogP contribution < -0.4 is 0 Å². The van der Waals surface area contributed by atoms with Crippen LogP contribution in [0.2, 0.25) is 5.02 Å². The maximum absolute atomic E-state index is 13.3. The zero-order chi connectivity index (χ0) is 10.7. The lowest BCUT2D eigenvalue weighted by atomic mass is 10.1. The molecule has 1 aromatic rings. The van der Waals surface area contributed by atoms with E-state index in [4.69, 9.17) is 11.6 Å². The average molecular weight is 215 g/mol. The van der Waals surface area contributed by atoms with Crippen molar-refractivity contribution in [3.05, 3.63) is 40.7 Å². The summed E-state index contributed by atoms with van der Waals surface area (Å²) in [6, 6.07) is 2.50. The minimum Gasteiger partial charge on any atom is -0.465 e. The van der Waals surface area contributed by atoms with Crippen molar-refractivity contribution in [1.29, 1.82) is 0 Å². The van der Waals surface area contributed by atoms with Crippen LogP contribution in [0.4, 0.5) is 4.39 Å². The van der Waals surface area contributed by atoms with Crippen LogP contribution in [0.3, 0.4) is 0 Å². The zero-order valence-corrected chi connectivity index (χ0v) is 8.27. The summed E-state index contributed by atoms with van der Waals surface area (Å²) in [5.74, 6) is -1.45. The van der Waals surface area contributed by atoms with Crippen LogP contribution >= 0.6 is 11.6 Å². The van der Waals surface area contributed by atoms with Gasteiger partial charge in [-0.2, -0.15) is 0 Å². The Labute approximate surface area is 85.9 Å². The molecule has 1 rings (SSSR count). The Kier molecular flexibility index (Phi) is 3.25. The highest BCUT2D eigenvalue weighted by molar-refractivity contribution is 6.30. The summed E-state index contributed by atoms with van der Waals surface area (Å²) in [6.45, 7) is 3.46. The maximum Gasteiger partial charge on any atom is 0.341 e. The molecule has 0 aliphatic rings. The molecule has 14 heavy (non-hydrogen) atoms. The van der Waals surface area contributed by atoms with Crippen molar-refractivity contribution in [1.82, 2.24) is 0 Å². The summed E-state index contributed by atoms with van der Waals surface area (Å²) in [4.78, 5) is 11.2. The Bertz CT molecular complexity index is 388. The van der Waals surface area contributed by atoms with Gasteiger partial charge in [-0.25, -0.2) is 9.18 Å². The molecule has 0 aromatic heterocycles. The third kappa shape index (κ3) is 1.93. The molecule has 0 unspecified atom stereocenters. The van der Waals surface area contributed by atoms with Crippen molar-refractivity contribution >= 4 is 23.6 Å². The SMILES string of the molecule is C=Cc1cc(Cl)cc(F)c1C(=O)OC. The normalized spacial score (nSPS) is 9.64. The number of ether oxygens (including phenoxy) is 1. The van der Waals surface area contributed by atoms with Crippen LogP contribution in [0.5, 0.6) is 0 Å². The summed E-state index contributed by atoms with van der Waals surface area (Å²) < 4.78 is 17.7. The number of hydrogen-bond acceptors (Lipinski definition) is 2. The van der Waals surface area contributed by atoms with Crippen LogP contribution in [0.1, 0.15) is 15.9 Å². The highest BCUT2D eigenvalue weighted by Crippen LogP contribution is 2.21. The lowest BCUT2D eigenvalue weighted by molar-refractivity contribution is 0.0595. The van der Waals surface area contributed by atoms with E-state index in [-0.39, 0.29) is 10.6 Å².